The molecule has 0 saturated carbocycles. The molecule has 1 saturated heterocycles. The maximum absolute atomic E-state index is 13.6. The zero-order chi connectivity index (χ0) is 23.8. The Kier molecular flexibility index (Phi) is 6.22. The van der Waals surface area contributed by atoms with Gasteiger partial charge in [0.15, 0.2) is 0 Å². The number of sulfonamides is 1. The lowest BCUT2D eigenvalue weighted by Gasteiger charge is -2.35. The third-order valence-corrected chi connectivity index (χ3v) is 7.38. The van der Waals surface area contributed by atoms with Crippen LogP contribution in [0.4, 0.5) is 15.9 Å². The van der Waals surface area contributed by atoms with Crippen molar-refractivity contribution in [2.45, 2.75) is 18.7 Å². The van der Waals surface area contributed by atoms with Crippen LogP contribution in [0.3, 0.4) is 0 Å². The van der Waals surface area contributed by atoms with E-state index < -0.39 is 21.8 Å². The number of carboxylic acid groups (broad SMARTS) is 1. The van der Waals surface area contributed by atoms with Gasteiger partial charge in [-0.05, 0) is 55.4 Å². The molecular weight excluding hydrogens is 447 g/mol. The second-order valence-electron chi connectivity index (χ2n) is 8.00. The molecule has 0 atom stereocenters. The number of rotatable bonds is 6. The van der Waals surface area contributed by atoms with Gasteiger partial charge in [0.1, 0.15) is 11.6 Å². The molecule has 1 fully saturated rings. The van der Waals surface area contributed by atoms with E-state index in [9.17, 15) is 22.7 Å². The van der Waals surface area contributed by atoms with Gasteiger partial charge in [-0.3, -0.25) is 4.72 Å². The molecule has 2 N–H and O–H groups in total. The molecule has 1 aliphatic rings. The molecule has 0 spiro atoms. The monoisotopic (exact) mass is 472 g/mol. The molecule has 1 aliphatic heterocycles. The summed E-state index contributed by atoms with van der Waals surface area (Å²) in [4.78, 5) is 20.8. The third kappa shape index (κ3) is 4.76. The SMILES string of the molecule is CCN1CCN(c2cc(C(=O)O)c3cc(NS(=O)(=O)c4cc(F)ccc4C)ccc3n2)CC1. The minimum Gasteiger partial charge on any atom is -0.478 e. The molecule has 0 radical (unpaired) electrons. The number of piperazine rings is 1. The number of aryl methyl sites for hydroxylation is 1. The van der Waals surface area contributed by atoms with Crippen LogP contribution in [0.2, 0.25) is 0 Å². The first-order valence-corrected chi connectivity index (χ1v) is 12.1. The summed E-state index contributed by atoms with van der Waals surface area (Å²) in [6.45, 7) is 7.88. The van der Waals surface area contributed by atoms with Crippen molar-refractivity contribution >= 4 is 38.4 Å². The number of nitrogens with zero attached hydrogens (tertiary/aromatic N) is 3. The first-order valence-electron chi connectivity index (χ1n) is 10.6. The lowest BCUT2D eigenvalue weighted by Crippen LogP contribution is -2.46. The molecule has 0 aliphatic carbocycles. The number of pyridine rings is 1. The van der Waals surface area contributed by atoms with E-state index in [-0.39, 0.29) is 16.1 Å². The molecule has 33 heavy (non-hydrogen) atoms. The van der Waals surface area contributed by atoms with Crippen LogP contribution in [0.25, 0.3) is 10.9 Å². The number of anilines is 2. The van der Waals surface area contributed by atoms with Crippen molar-refractivity contribution in [1.82, 2.24) is 9.88 Å². The average molecular weight is 473 g/mol. The first kappa shape index (κ1) is 22.9. The van der Waals surface area contributed by atoms with E-state index in [0.29, 0.717) is 22.3 Å². The van der Waals surface area contributed by atoms with Crippen LogP contribution in [0.1, 0.15) is 22.8 Å². The lowest BCUT2D eigenvalue weighted by molar-refractivity contribution is 0.0699. The summed E-state index contributed by atoms with van der Waals surface area (Å²) in [5, 5.41) is 10.1. The molecule has 2 aromatic carbocycles. The Hall–Kier alpha value is -3.24. The highest BCUT2D eigenvalue weighted by atomic mass is 32.2. The van der Waals surface area contributed by atoms with Crippen molar-refractivity contribution in [3.8, 4) is 0 Å². The molecule has 8 nitrogen and oxygen atoms in total. The predicted molar refractivity (Wildman–Crippen MR) is 125 cm³/mol. The number of carbonyl (C=O) groups is 1. The summed E-state index contributed by atoms with van der Waals surface area (Å²) in [7, 11) is -4.07. The number of likely N-dealkylation sites (N-methyl/N-ethyl adjacent to an activating group) is 1. The number of benzene rings is 2. The second-order valence-corrected chi connectivity index (χ2v) is 9.65. The summed E-state index contributed by atoms with van der Waals surface area (Å²) in [6, 6.07) is 9.61. The molecule has 3 aromatic rings. The normalized spacial score (nSPS) is 15.1. The fourth-order valence-corrected chi connectivity index (χ4v) is 5.29. The first-order chi connectivity index (χ1) is 15.7. The van der Waals surface area contributed by atoms with E-state index in [0.717, 1.165) is 38.8 Å². The van der Waals surface area contributed by atoms with E-state index in [1.807, 2.05) is 0 Å². The van der Waals surface area contributed by atoms with Gasteiger partial charge in [-0.15, -0.1) is 0 Å². The maximum Gasteiger partial charge on any atom is 0.336 e. The molecule has 174 valence electrons. The zero-order valence-corrected chi connectivity index (χ0v) is 19.2. The quantitative estimate of drug-likeness (QED) is 0.567. The summed E-state index contributed by atoms with van der Waals surface area (Å²) in [5.74, 6) is -1.21. The summed E-state index contributed by atoms with van der Waals surface area (Å²) < 4.78 is 41.7. The van der Waals surface area contributed by atoms with Crippen molar-refractivity contribution in [2.75, 3.05) is 42.3 Å². The molecular formula is C23H25FN4O4S. The molecule has 2 heterocycles. The fraction of sp³-hybridized carbons (Fsp3) is 0.304. The van der Waals surface area contributed by atoms with Gasteiger partial charge < -0.3 is 14.9 Å². The lowest BCUT2D eigenvalue weighted by atomic mass is 10.1. The van der Waals surface area contributed by atoms with Crippen LogP contribution in [0.5, 0.6) is 0 Å². The Labute approximate surface area is 191 Å². The highest BCUT2D eigenvalue weighted by molar-refractivity contribution is 7.92. The van der Waals surface area contributed by atoms with Crippen LogP contribution in [0, 0.1) is 12.7 Å². The van der Waals surface area contributed by atoms with E-state index in [1.165, 1.54) is 30.3 Å². The Morgan fingerprint density at radius 3 is 2.52 bits per heavy atom. The van der Waals surface area contributed by atoms with Gasteiger partial charge in [-0.25, -0.2) is 22.6 Å². The topological polar surface area (TPSA) is 103 Å². The Balaban J connectivity index is 1.69. The van der Waals surface area contributed by atoms with Crippen molar-refractivity contribution in [1.29, 1.82) is 0 Å². The number of aromatic nitrogens is 1. The van der Waals surface area contributed by atoms with Gasteiger partial charge in [-0.1, -0.05) is 13.0 Å². The van der Waals surface area contributed by atoms with E-state index in [4.69, 9.17) is 0 Å². The number of hydrogen-bond donors (Lipinski definition) is 2. The van der Waals surface area contributed by atoms with Crippen LogP contribution < -0.4 is 9.62 Å². The minimum atomic E-state index is -4.07. The highest BCUT2D eigenvalue weighted by Crippen LogP contribution is 2.28. The number of nitrogens with one attached hydrogen (secondary N) is 1. The van der Waals surface area contributed by atoms with Crippen LogP contribution in [-0.2, 0) is 10.0 Å². The Morgan fingerprint density at radius 2 is 1.85 bits per heavy atom. The third-order valence-electron chi connectivity index (χ3n) is 5.86. The molecule has 4 rings (SSSR count). The van der Waals surface area contributed by atoms with Gasteiger partial charge >= 0.3 is 5.97 Å². The maximum atomic E-state index is 13.6. The van der Waals surface area contributed by atoms with Crippen molar-refractivity contribution < 1.29 is 22.7 Å². The average Bonchev–Trinajstić information content (AvgIpc) is 2.79. The van der Waals surface area contributed by atoms with E-state index >= 15 is 0 Å². The second kappa shape index (κ2) is 8.95. The summed E-state index contributed by atoms with van der Waals surface area (Å²) in [6.07, 6.45) is 0. The van der Waals surface area contributed by atoms with Crippen molar-refractivity contribution in [3.05, 3.63) is 59.4 Å². The Bertz CT molecular complexity index is 1320. The molecule has 0 amide bonds. The largest absolute Gasteiger partial charge is 0.478 e. The van der Waals surface area contributed by atoms with Gasteiger partial charge in [0.2, 0.25) is 0 Å². The van der Waals surface area contributed by atoms with Gasteiger partial charge in [-0.2, -0.15) is 0 Å². The number of aromatic carboxylic acids is 1. The standard InChI is InChI=1S/C23H25FN4O4S/c1-3-27-8-10-28(11-9-27)22-14-19(23(29)30)18-13-17(6-7-20(18)25-22)26-33(31,32)21-12-16(24)5-4-15(21)2/h4-7,12-14,26H,3,8-11H2,1-2H3,(H,29,30). The molecule has 0 bridgehead atoms. The molecule has 0 unspecified atom stereocenters. The van der Waals surface area contributed by atoms with E-state index in [2.05, 4.69) is 26.4 Å². The van der Waals surface area contributed by atoms with Crippen LogP contribution >= 0.6 is 0 Å². The van der Waals surface area contributed by atoms with Crippen molar-refractivity contribution in [3.63, 3.8) is 0 Å². The number of hydrogen-bond acceptors (Lipinski definition) is 6. The highest BCUT2D eigenvalue weighted by Gasteiger charge is 2.22. The van der Waals surface area contributed by atoms with Crippen LogP contribution in [-0.4, -0.2) is 62.1 Å². The van der Waals surface area contributed by atoms with E-state index in [1.54, 1.807) is 13.0 Å². The Morgan fingerprint density at radius 1 is 1.12 bits per heavy atom. The minimum absolute atomic E-state index is 0.0379. The summed E-state index contributed by atoms with van der Waals surface area (Å²) in [5.41, 5.74) is 1.05. The van der Waals surface area contributed by atoms with Gasteiger partial charge in [0, 0.05) is 37.3 Å². The smallest absolute Gasteiger partial charge is 0.336 e. The zero-order valence-electron chi connectivity index (χ0n) is 18.4. The van der Waals surface area contributed by atoms with Gasteiger partial charge in [0.05, 0.1) is 16.0 Å². The molecule has 1 aromatic heterocycles. The van der Waals surface area contributed by atoms with Crippen molar-refractivity contribution in [2.24, 2.45) is 0 Å². The fourth-order valence-electron chi connectivity index (χ4n) is 3.98. The van der Waals surface area contributed by atoms with Crippen LogP contribution in [0.15, 0.2) is 47.4 Å². The van der Waals surface area contributed by atoms with Gasteiger partial charge in [0.25, 0.3) is 10.0 Å². The molecule has 10 heteroatoms. The summed E-state index contributed by atoms with van der Waals surface area (Å²) >= 11 is 0. The number of halogens is 1. The number of fused-ring (bicyclic) bond motifs is 1. The number of carboxylic acids is 1. The predicted octanol–water partition coefficient (Wildman–Crippen LogP) is 3.32.